The molecule has 0 spiro atoms. The van der Waals surface area contributed by atoms with E-state index in [-0.39, 0.29) is 28.6 Å². The van der Waals surface area contributed by atoms with Gasteiger partial charge in [0, 0.05) is 13.1 Å². The van der Waals surface area contributed by atoms with Crippen LogP contribution in [0.4, 0.5) is 0 Å². The Bertz CT molecular complexity index is 652. The maximum Gasteiger partial charge on any atom is 0.337 e. The van der Waals surface area contributed by atoms with Crippen molar-refractivity contribution in [2.75, 3.05) is 13.1 Å². The lowest BCUT2D eigenvalue weighted by molar-refractivity contribution is -0.0613. The Morgan fingerprint density at radius 3 is 2.50 bits per heavy atom. The van der Waals surface area contributed by atoms with Crippen molar-refractivity contribution in [2.24, 2.45) is 0 Å². The van der Waals surface area contributed by atoms with Gasteiger partial charge >= 0.3 is 5.97 Å². The average Bonchev–Trinajstić information content (AvgIpc) is 2.34. The molecule has 0 bridgehead atoms. The predicted octanol–water partition coefficient (Wildman–Crippen LogP) is 1.18. The van der Waals surface area contributed by atoms with Gasteiger partial charge in [-0.05, 0) is 24.6 Å². The number of aliphatic hydroxyl groups is 1. The highest BCUT2D eigenvalue weighted by atomic mass is 35.5. The summed E-state index contributed by atoms with van der Waals surface area (Å²) < 4.78 is 25.7. The number of carbonyl (C=O) groups is 1. The van der Waals surface area contributed by atoms with E-state index in [0.29, 0.717) is 6.42 Å². The van der Waals surface area contributed by atoms with Crippen molar-refractivity contribution in [3.8, 4) is 0 Å². The molecule has 0 aliphatic carbocycles. The van der Waals surface area contributed by atoms with Gasteiger partial charge in [-0.1, -0.05) is 18.5 Å². The van der Waals surface area contributed by atoms with E-state index in [2.05, 4.69) is 0 Å². The maximum absolute atomic E-state index is 12.3. The van der Waals surface area contributed by atoms with Crippen LogP contribution in [0.2, 0.25) is 5.02 Å². The van der Waals surface area contributed by atoms with Gasteiger partial charge in [-0.25, -0.2) is 13.2 Å². The molecule has 1 heterocycles. The molecule has 0 amide bonds. The van der Waals surface area contributed by atoms with Crippen molar-refractivity contribution < 1.29 is 23.4 Å². The van der Waals surface area contributed by atoms with Crippen LogP contribution in [0.3, 0.4) is 0 Å². The zero-order valence-electron chi connectivity index (χ0n) is 10.7. The number of halogens is 1. The summed E-state index contributed by atoms with van der Waals surface area (Å²) in [6.45, 7) is 1.84. The van der Waals surface area contributed by atoms with Crippen LogP contribution in [0.1, 0.15) is 23.7 Å². The number of aromatic carboxylic acids is 1. The van der Waals surface area contributed by atoms with Crippen molar-refractivity contribution in [2.45, 2.75) is 23.8 Å². The normalized spacial score (nSPS) is 18.6. The number of sulfonamides is 1. The zero-order chi connectivity index (χ0) is 15.1. The van der Waals surface area contributed by atoms with Crippen LogP contribution in [-0.4, -0.2) is 47.6 Å². The molecule has 0 atom stereocenters. The summed E-state index contributed by atoms with van der Waals surface area (Å²) in [5.41, 5.74) is -1.13. The fourth-order valence-corrected chi connectivity index (χ4v) is 3.93. The highest BCUT2D eigenvalue weighted by Gasteiger charge is 2.46. The maximum atomic E-state index is 12.3. The van der Waals surface area contributed by atoms with Gasteiger partial charge < -0.3 is 10.2 Å². The van der Waals surface area contributed by atoms with E-state index in [1.165, 1.54) is 6.07 Å². The molecule has 1 aliphatic rings. The summed E-state index contributed by atoms with van der Waals surface area (Å²) in [5, 5.41) is 18.6. The van der Waals surface area contributed by atoms with E-state index in [0.717, 1.165) is 16.4 Å². The van der Waals surface area contributed by atoms with Crippen LogP contribution >= 0.6 is 11.6 Å². The number of carboxylic acid groups (broad SMARTS) is 1. The molecule has 2 N–H and O–H groups in total. The summed E-state index contributed by atoms with van der Waals surface area (Å²) >= 11 is 5.77. The minimum atomic E-state index is -3.75. The number of β-amino-alcohol motifs (C(OH)–C–C–N with tert-alkyl or cyclic N) is 1. The first-order chi connectivity index (χ1) is 9.19. The standard InChI is InChI=1S/C12H14ClNO5S/c1-2-12(17)6-14(7-12)20(18,19)8-3-4-9(11(15)16)10(13)5-8/h3-5,17H,2,6-7H2,1H3,(H,15,16). The van der Waals surface area contributed by atoms with Crippen LogP contribution in [-0.2, 0) is 10.0 Å². The third-order valence-corrected chi connectivity index (χ3v) is 5.51. The highest BCUT2D eigenvalue weighted by Crippen LogP contribution is 2.31. The monoisotopic (exact) mass is 319 g/mol. The summed E-state index contributed by atoms with van der Waals surface area (Å²) in [5.74, 6) is -1.22. The first-order valence-corrected chi connectivity index (χ1v) is 7.77. The van der Waals surface area contributed by atoms with Crippen LogP contribution in [0, 0.1) is 0 Å². The molecule has 1 aromatic rings. The van der Waals surface area contributed by atoms with Crippen molar-refractivity contribution in [1.29, 1.82) is 0 Å². The number of nitrogens with zero attached hydrogens (tertiary/aromatic N) is 1. The van der Waals surface area contributed by atoms with Crippen molar-refractivity contribution >= 4 is 27.6 Å². The number of benzene rings is 1. The topological polar surface area (TPSA) is 94.9 Å². The third kappa shape index (κ3) is 2.54. The third-order valence-electron chi connectivity index (χ3n) is 3.41. The lowest BCUT2D eigenvalue weighted by Gasteiger charge is -2.44. The molecule has 6 nitrogen and oxygen atoms in total. The van der Waals surface area contributed by atoms with E-state index in [9.17, 15) is 18.3 Å². The zero-order valence-corrected chi connectivity index (χ0v) is 12.3. The average molecular weight is 320 g/mol. The Hall–Kier alpha value is -1.15. The number of hydrogen-bond acceptors (Lipinski definition) is 4. The van der Waals surface area contributed by atoms with E-state index in [4.69, 9.17) is 16.7 Å². The first kappa shape index (κ1) is 15.2. The molecule has 1 saturated heterocycles. The second kappa shape index (κ2) is 5.00. The van der Waals surface area contributed by atoms with Crippen LogP contribution in [0.15, 0.2) is 23.1 Å². The Morgan fingerprint density at radius 1 is 1.45 bits per heavy atom. The van der Waals surface area contributed by atoms with Gasteiger partial charge in [-0.2, -0.15) is 4.31 Å². The largest absolute Gasteiger partial charge is 0.478 e. The van der Waals surface area contributed by atoms with Crippen molar-refractivity contribution in [3.63, 3.8) is 0 Å². The van der Waals surface area contributed by atoms with Gasteiger partial charge in [0.25, 0.3) is 0 Å². The fourth-order valence-electron chi connectivity index (χ4n) is 1.98. The van der Waals surface area contributed by atoms with E-state index in [1.807, 2.05) is 0 Å². The number of hydrogen-bond donors (Lipinski definition) is 2. The van der Waals surface area contributed by atoms with Gasteiger partial charge in [0.2, 0.25) is 10.0 Å². The summed E-state index contributed by atoms with van der Waals surface area (Å²) in [6, 6.07) is 3.47. The number of carboxylic acids is 1. The van der Waals surface area contributed by atoms with Crippen LogP contribution in [0.25, 0.3) is 0 Å². The Morgan fingerprint density at radius 2 is 2.05 bits per heavy atom. The van der Waals surface area contributed by atoms with Gasteiger partial charge in [-0.3, -0.25) is 0 Å². The molecule has 1 aromatic carbocycles. The molecule has 0 radical (unpaired) electrons. The molecule has 1 fully saturated rings. The highest BCUT2D eigenvalue weighted by molar-refractivity contribution is 7.89. The molecule has 0 aromatic heterocycles. The molecule has 8 heteroatoms. The SMILES string of the molecule is CCC1(O)CN(S(=O)(=O)c2ccc(C(=O)O)c(Cl)c2)C1. The second-order valence-corrected chi connectivity index (χ2v) is 7.14. The second-order valence-electron chi connectivity index (χ2n) is 4.80. The van der Waals surface area contributed by atoms with E-state index >= 15 is 0 Å². The summed E-state index contributed by atoms with van der Waals surface area (Å²) in [7, 11) is -3.75. The van der Waals surface area contributed by atoms with Crippen molar-refractivity contribution in [1.82, 2.24) is 4.31 Å². The molecule has 20 heavy (non-hydrogen) atoms. The van der Waals surface area contributed by atoms with Gasteiger partial charge in [0.1, 0.15) is 0 Å². The quantitative estimate of drug-likeness (QED) is 0.869. The molecular weight excluding hydrogens is 306 g/mol. The summed E-state index contributed by atoms with van der Waals surface area (Å²) in [4.78, 5) is 10.8. The summed E-state index contributed by atoms with van der Waals surface area (Å²) in [6.07, 6.45) is 0.470. The van der Waals surface area contributed by atoms with Gasteiger partial charge in [-0.15, -0.1) is 0 Å². The Balaban J connectivity index is 2.28. The smallest absolute Gasteiger partial charge is 0.337 e. The predicted molar refractivity (Wildman–Crippen MR) is 72.4 cm³/mol. The molecular formula is C12H14ClNO5S. The number of rotatable bonds is 4. The lowest BCUT2D eigenvalue weighted by atomic mass is 9.94. The minimum Gasteiger partial charge on any atom is -0.478 e. The van der Waals surface area contributed by atoms with Gasteiger partial charge in [0.05, 0.1) is 21.1 Å². The molecule has 0 unspecified atom stereocenters. The van der Waals surface area contributed by atoms with E-state index in [1.54, 1.807) is 6.92 Å². The fraction of sp³-hybridized carbons (Fsp3) is 0.417. The van der Waals surface area contributed by atoms with Gasteiger partial charge in [0.15, 0.2) is 0 Å². The molecule has 0 saturated carbocycles. The van der Waals surface area contributed by atoms with Crippen LogP contribution in [0.5, 0.6) is 0 Å². The lowest BCUT2D eigenvalue weighted by Crippen LogP contribution is -2.62. The first-order valence-electron chi connectivity index (χ1n) is 5.95. The minimum absolute atomic E-state index is 0.0319. The molecule has 2 rings (SSSR count). The van der Waals surface area contributed by atoms with E-state index < -0.39 is 21.6 Å². The van der Waals surface area contributed by atoms with Crippen molar-refractivity contribution in [3.05, 3.63) is 28.8 Å². The Kier molecular flexibility index (Phi) is 3.81. The Labute approximate surface area is 121 Å². The molecule has 1 aliphatic heterocycles. The van der Waals surface area contributed by atoms with Crippen LogP contribution < -0.4 is 0 Å². The molecule has 110 valence electrons.